The predicted molar refractivity (Wildman–Crippen MR) is 78.1 cm³/mol. The van der Waals surface area contributed by atoms with Crippen LogP contribution in [0.5, 0.6) is 0 Å². The van der Waals surface area contributed by atoms with E-state index in [9.17, 15) is 0 Å². The van der Waals surface area contributed by atoms with Crippen LogP contribution in [0, 0.1) is 13.8 Å². The van der Waals surface area contributed by atoms with E-state index in [2.05, 4.69) is 36.2 Å². The Balaban J connectivity index is 1.84. The van der Waals surface area contributed by atoms with E-state index in [1.807, 2.05) is 16.3 Å². The van der Waals surface area contributed by atoms with Crippen molar-refractivity contribution < 1.29 is 0 Å². The molecule has 1 saturated carbocycles. The Bertz CT molecular complexity index is 554. The van der Waals surface area contributed by atoms with E-state index in [0.29, 0.717) is 5.92 Å². The molecule has 0 bridgehead atoms. The zero-order chi connectivity index (χ0) is 13.4. The molecule has 5 heteroatoms. The van der Waals surface area contributed by atoms with Gasteiger partial charge in [-0.25, -0.2) is 9.67 Å². The Morgan fingerprint density at radius 2 is 2.26 bits per heavy atom. The average Bonchev–Trinajstić information content (AvgIpc) is 2.96. The lowest BCUT2D eigenvalue weighted by Crippen LogP contribution is -2.22. The summed E-state index contributed by atoms with van der Waals surface area (Å²) in [5, 5.41) is 11.2. The van der Waals surface area contributed by atoms with Gasteiger partial charge in [0.15, 0.2) is 0 Å². The minimum Gasteiger partial charge on any atom is -0.313 e. The first kappa shape index (κ1) is 12.8. The minimum atomic E-state index is 0.495. The number of aryl methyl sites for hydroxylation is 1. The first-order valence-corrected chi connectivity index (χ1v) is 7.74. The molecule has 1 N–H and O–H groups in total. The Hall–Kier alpha value is -1.20. The van der Waals surface area contributed by atoms with Crippen LogP contribution in [0.15, 0.2) is 11.6 Å². The van der Waals surface area contributed by atoms with Crippen LogP contribution in [-0.2, 0) is 0 Å². The number of thiazole rings is 1. The summed E-state index contributed by atoms with van der Waals surface area (Å²) in [5.74, 6) is 0.495. The highest BCUT2D eigenvalue weighted by atomic mass is 32.1. The second kappa shape index (κ2) is 5.06. The molecule has 1 aliphatic rings. The zero-order valence-electron chi connectivity index (χ0n) is 11.7. The lowest BCUT2D eigenvalue weighted by Gasteiger charge is -2.13. The zero-order valence-corrected chi connectivity index (χ0v) is 12.5. The summed E-state index contributed by atoms with van der Waals surface area (Å²) in [4.78, 5) is 4.35. The van der Waals surface area contributed by atoms with Crippen molar-refractivity contribution in [2.45, 2.75) is 45.6 Å². The highest BCUT2D eigenvalue weighted by Gasteiger charge is 2.24. The van der Waals surface area contributed by atoms with Crippen molar-refractivity contribution in [2.24, 2.45) is 0 Å². The van der Waals surface area contributed by atoms with Crippen molar-refractivity contribution in [2.75, 3.05) is 6.54 Å². The van der Waals surface area contributed by atoms with E-state index in [-0.39, 0.29) is 0 Å². The molecular formula is C14H20N4S. The normalized spacial score (nSPS) is 16.8. The number of nitrogens with one attached hydrogen (secondary N) is 1. The summed E-state index contributed by atoms with van der Waals surface area (Å²) in [5.41, 5.74) is 3.71. The van der Waals surface area contributed by atoms with Crippen LogP contribution in [0.2, 0.25) is 0 Å². The standard InChI is InChI=1S/C14H20N4S/c1-9(8-16-12-4-5-12)13-10(2)17-18(11(13)3)14-15-6-7-19-14/h6-7,9,12,16H,4-5,8H2,1-3H3. The largest absolute Gasteiger partial charge is 0.313 e. The van der Waals surface area contributed by atoms with Gasteiger partial charge in [0.2, 0.25) is 5.13 Å². The number of aromatic nitrogens is 3. The molecule has 19 heavy (non-hydrogen) atoms. The number of rotatable bonds is 5. The summed E-state index contributed by atoms with van der Waals surface area (Å²) in [6.07, 6.45) is 4.50. The van der Waals surface area contributed by atoms with E-state index in [1.165, 1.54) is 24.1 Å². The first-order valence-electron chi connectivity index (χ1n) is 6.86. The third-order valence-corrected chi connectivity index (χ3v) is 4.48. The Morgan fingerprint density at radius 3 is 2.89 bits per heavy atom. The highest BCUT2D eigenvalue weighted by molar-refractivity contribution is 7.12. The van der Waals surface area contributed by atoms with Crippen LogP contribution in [0.3, 0.4) is 0 Å². The van der Waals surface area contributed by atoms with Crippen LogP contribution in [-0.4, -0.2) is 27.4 Å². The molecule has 0 aliphatic heterocycles. The Morgan fingerprint density at radius 1 is 1.47 bits per heavy atom. The molecule has 3 rings (SSSR count). The minimum absolute atomic E-state index is 0.495. The molecule has 1 fully saturated rings. The maximum absolute atomic E-state index is 4.65. The molecule has 1 aliphatic carbocycles. The Kier molecular flexibility index (Phi) is 3.41. The van der Waals surface area contributed by atoms with Gasteiger partial charge in [0.25, 0.3) is 0 Å². The van der Waals surface area contributed by atoms with Crippen molar-refractivity contribution >= 4 is 11.3 Å². The van der Waals surface area contributed by atoms with E-state index >= 15 is 0 Å². The summed E-state index contributed by atoms with van der Waals surface area (Å²) < 4.78 is 1.98. The van der Waals surface area contributed by atoms with Crippen molar-refractivity contribution in [1.29, 1.82) is 0 Å². The molecule has 0 saturated heterocycles. The van der Waals surface area contributed by atoms with Crippen LogP contribution < -0.4 is 5.32 Å². The van der Waals surface area contributed by atoms with Gasteiger partial charge in [0.05, 0.1) is 5.69 Å². The van der Waals surface area contributed by atoms with E-state index in [0.717, 1.165) is 23.4 Å². The second-order valence-electron chi connectivity index (χ2n) is 5.39. The fraction of sp³-hybridized carbons (Fsp3) is 0.571. The summed E-state index contributed by atoms with van der Waals surface area (Å²) in [6.45, 7) is 7.55. The summed E-state index contributed by atoms with van der Waals surface area (Å²) in [6, 6.07) is 0.761. The van der Waals surface area contributed by atoms with Gasteiger partial charge in [-0.15, -0.1) is 11.3 Å². The number of hydrogen-bond acceptors (Lipinski definition) is 4. The fourth-order valence-corrected chi connectivity index (χ4v) is 3.25. The topological polar surface area (TPSA) is 42.7 Å². The van der Waals surface area contributed by atoms with Crippen LogP contribution >= 0.6 is 11.3 Å². The van der Waals surface area contributed by atoms with Gasteiger partial charge in [0.1, 0.15) is 0 Å². The van der Waals surface area contributed by atoms with Gasteiger partial charge in [-0.3, -0.25) is 0 Å². The molecule has 2 heterocycles. The second-order valence-corrected chi connectivity index (χ2v) is 6.27. The highest BCUT2D eigenvalue weighted by Crippen LogP contribution is 2.27. The van der Waals surface area contributed by atoms with Gasteiger partial charge in [0, 0.05) is 35.4 Å². The van der Waals surface area contributed by atoms with Crippen molar-refractivity contribution in [3.8, 4) is 5.13 Å². The molecule has 2 aromatic rings. The third-order valence-electron chi connectivity index (χ3n) is 3.73. The third kappa shape index (κ3) is 2.58. The molecule has 0 aromatic carbocycles. The molecule has 1 atom stereocenters. The van der Waals surface area contributed by atoms with Crippen LogP contribution in [0.1, 0.15) is 42.6 Å². The molecule has 0 spiro atoms. The molecular weight excluding hydrogens is 256 g/mol. The van der Waals surface area contributed by atoms with Gasteiger partial charge >= 0.3 is 0 Å². The van der Waals surface area contributed by atoms with Gasteiger partial charge in [-0.05, 0) is 32.6 Å². The van der Waals surface area contributed by atoms with Gasteiger partial charge in [-0.1, -0.05) is 6.92 Å². The van der Waals surface area contributed by atoms with E-state index < -0.39 is 0 Å². The SMILES string of the molecule is Cc1nn(-c2nccs2)c(C)c1C(C)CNC1CC1. The maximum atomic E-state index is 4.65. The van der Waals surface area contributed by atoms with E-state index in [1.54, 1.807) is 11.3 Å². The smallest absolute Gasteiger partial charge is 0.210 e. The summed E-state index contributed by atoms with van der Waals surface area (Å²) in [7, 11) is 0. The predicted octanol–water partition coefficient (Wildman–Crippen LogP) is 2.80. The number of hydrogen-bond donors (Lipinski definition) is 1. The molecule has 102 valence electrons. The van der Waals surface area contributed by atoms with Gasteiger partial charge < -0.3 is 5.32 Å². The Labute approximate surface area is 117 Å². The fourth-order valence-electron chi connectivity index (χ4n) is 2.61. The monoisotopic (exact) mass is 276 g/mol. The van der Waals surface area contributed by atoms with Gasteiger partial charge in [-0.2, -0.15) is 5.10 Å². The lowest BCUT2D eigenvalue weighted by molar-refractivity contribution is 0.607. The first-order chi connectivity index (χ1) is 9.16. The van der Waals surface area contributed by atoms with Crippen molar-refractivity contribution in [3.63, 3.8) is 0 Å². The molecule has 0 radical (unpaired) electrons. The molecule has 1 unspecified atom stereocenters. The number of nitrogens with zero attached hydrogens (tertiary/aromatic N) is 3. The lowest BCUT2D eigenvalue weighted by atomic mass is 9.99. The molecule has 2 aromatic heterocycles. The van der Waals surface area contributed by atoms with Crippen molar-refractivity contribution in [3.05, 3.63) is 28.5 Å². The average molecular weight is 276 g/mol. The van der Waals surface area contributed by atoms with Crippen LogP contribution in [0.4, 0.5) is 0 Å². The molecule has 4 nitrogen and oxygen atoms in total. The summed E-state index contributed by atoms with van der Waals surface area (Å²) >= 11 is 1.63. The molecule has 0 amide bonds. The van der Waals surface area contributed by atoms with Crippen LogP contribution in [0.25, 0.3) is 5.13 Å². The van der Waals surface area contributed by atoms with E-state index in [4.69, 9.17) is 0 Å². The van der Waals surface area contributed by atoms with Crippen molar-refractivity contribution in [1.82, 2.24) is 20.1 Å². The maximum Gasteiger partial charge on any atom is 0.210 e. The quantitative estimate of drug-likeness (QED) is 0.913.